The van der Waals surface area contributed by atoms with Gasteiger partial charge in [-0.05, 0) is 56.4 Å². The molecule has 152 valence electrons. The van der Waals surface area contributed by atoms with Crippen molar-refractivity contribution in [2.24, 2.45) is 16.5 Å². The Morgan fingerprint density at radius 1 is 1.26 bits per heavy atom. The average Bonchev–Trinajstić information content (AvgIpc) is 2.60. The van der Waals surface area contributed by atoms with Crippen molar-refractivity contribution in [1.82, 2.24) is 4.72 Å². The van der Waals surface area contributed by atoms with Crippen LogP contribution in [0.25, 0.3) is 0 Å². The number of hydrogen-bond donors (Lipinski definition) is 3. The molecule has 0 saturated carbocycles. The summed E-state index contributed by atoms with van der Waals surface area (Å²) >= 11 is 0. The Morgan fingerprint density at radius 2 is 1.89 bits per heavy atom. The first-order valence-corrected chi connectivity index (χ1v) is 9.84. The van der Waals surface area contributed by atoms with Crippen LogP contribution >= 0.6 is 0 Å². The second-order valence-corrected chi connectivity index (χ2v) is 7.74. The van der Waals surface area contributed by atoms with Crippen LogP contribution in [-0.4, -0.2) is 47.2 Å². The number of benzene rings is 1. The summed E-state index contributed by atoms with van der Waals surface area (Å²) in [6.45, 7) is 5.40. The van der Waals surface area contributed by atoms with Crippen LogP contribution in [0.4, 0.5) is 0 Å². The Morgan fingerprint density at radius 3 is 2.44 bits per heavy atom. The SMILES string of the molecule is COC(=O)C(N)CCCN=C(N)NS(=O)(=O)c1c(C)cc(OC)c(C)c1C. The fourth-order valence-corrected chi connectivity index (χ4v) is 4.13. The molecule has 1 aromatic carbocycles. The maximum Gasteiger partial charge on any atom is 0.322 e. The minimum Gasteiger partial charge on any atom is -0.496 e. The van der Waals surface area contributed by atoms with E-state index in [2.05, 4.69) is 14.5 Å². The second-order valence-electron chi connectivity index (χ2n) is 6.12. The molecule has 0 aliphatic carbocycles. The Labute approximate surface area is 160 Å². The number of carbonyl (C=O) groups is 1. The molecule has 1 unspecified atom stereocenters. The zero-order valence-corrected chi connectivity index (χ0v) is 17.1. The number of esters is 1. The van der Waals surface area contributed by atoms with Gasteiger partial charge in [0.25, 0.3) is 10.0 Å². The Bertz CT molecular complexity index is 821. The molecule has 1 atom stereocenters. The largest absolute Gasteiger partial charge is 0.496 e. The first kappa shape index (κ1) is 22.7. The van der Waals surface area contributed by atoms with E-state index in [1.54, 1.807) is 26.8 Å². The van der Waals surface area contributed by atoms with Gasteiger partial charge in [0, 0.05) is 6.54 Å². The molecule has 5 N–H and O–H groups in total. The van der Waals surface area contributed by atoms with Gasteiger partial charge in [-0.3, -0.25) is 9.79 Å². The third-order valence-electron chi connectivity index (χ3n) is 4.17. The average molecular weight is 401 g/mol. The molecule has 1 aromatic rings. The fourth-order valence-electron chi connectivity index (χ4n) is 2.65. The van der Waals surface area contributed by atoms with Gasteiger partial charge in [-0.2, -0.15) is 0 Å². The van der Waals surface area contributed by atoms with Crippen molar-refractivity contribution < 1.29 is 22.7 Å². The van der Waals surface area contributed by atoms with Crippen molar-refractivity contribution in [3.05, 3.63) is 22.8 Å². The molecule has 0 aromatic heterocycles. The summed E-state index contributed by atoms with van der Waals surface area (Å²) < 4.78 is 37.5. The smallest absolute Gasteiger partial charge is 0.322 e. The molecule has 27 heavy (non-hydrogen) atoms. The number of ether oxygens (including phenoxy) is 2. The summed E-state index contributed by atoms with van der Waals surface area (Å²) in [7, 11) is -1.11. The summed E-state index contributed by atoms with van der Waals surface area (Å²) in [6.07, 6.45) is 0.810. The summed E-state index contributed by atoms with van der Waals surface area (Å²) in [5, 5.41) is 0. The number of rotatable bonds is 8. The van der Waals surface area contributed by atoms with Gasteiger partial charge in [-0.15, -0.1) is 0 Å². The highest BCUT2D eigenvalue weighted by Crippen LogP contribution is 2.30. The van der Waals surface area contributed by atoms with Gasteiger partial charge in [0.2, 0.25) is 5.96 Å². The Kier molecular flexibility index (Phi) is 8.04. The number of nitrogens with zero attached hydrogens (tertiary/aromatic N) is 1. The Balaban J connectivity index is 2.86. The van der Waals surface area contributed by atoms with Gasteiger partial charge in [-0.1, -0.05) is 0 Å². The van der Waals surface area contributed by atoms with Gasteiger partial charge in [0.15, 0.2) is 0 Å². The van der Waals surface area contributed by atoms with Crippen LogP contribution in [0.5, 0.6) is 5.75 Å². The van der Waals surface area contributed by atoms with Crippen molar-refractivity contribution in [1.29, 1.82) is 0 Å². The zero-order chi connectivity index (χ0) is 20.8. The monoisotopic (exact) mass is 400 g/mol. The molecule has 9 nitrogen and oxygen atoms in total. The minimum absolute atomic E-state index is 0.145. The Hall–Kier alpha value is -2.33. The predicted molar refractivity (Wildman–Crippen MR) is 103 cm³/mol. The van der Waals surface area contributed by atoms with Crippen molar-refractivity contribution in [2.45, 2.75) is 44.6 Å². The van der Waals surface area contributed by atoms with Crippen LogP contribution in [0.15, 0.2) is 16.0 Å². The second kappa shape index (κ2) is 9.56. The topological polar surface area (TPSA) is 146 Å². The first-order chi connectivity index (χ1) is 12.5. The molecule has 0 aliphatic heterocycles. The van der Waals surface area contributed by atoms with Gasteiger partial charge in [0.05, 0.1) is 19.1 Å². The van der Waals surface area contributed by atoms with E-state index in [4.69, 9.17) is 16.2 Å². The number of aliphatic imine (C=N–C) groups is 1. The molecule has 0 saturated heterocycles. The van der Waals surface area contributed by atoms with Gasteiger partial charge >= 0.3 is 5.97 Å². The molecule has 0 aliphatic rings. The molecule has 0 heterocycles. The molecule has 1 rings (SSSR count). The van der Waals surface area contributed by atoms with Crippen LogP contribution in [0.2, 0.25) is 0 Å². The number of sulfonamides is 1. The number of nitrogens with two attached hydrogens (primary N) is 2. The maximum absolute atomic E-state index is 12.7. The van der Waals surface area contributed by atoms with E-state index in [1.807, 2.05) is 0 Å². The van der Waals surface area contributed by atoms with Crippen LogP contribution in [0, 0.1) is 20.8 Å². The lowest BCUT2D eigenvalue weighted by Crippen LogP contribution is -2.37. The molecule has 10 heteroatoms. The van der Waals surface area contributed by atoms with E-state index in [-0.39, 0.29) is 17.4 Å². The number of guanidine groups is 1. The zero-order valence-electron chi connectivity index (χ0n) is 16.3. The van der Waals surface area contributed by atoms with Crippen molar-refractivity contribution in [2.75, 3.05) is 20.8 Å². The minimum atomic E-state index is -3.90. The molecule has 0 radical (unpaired) electrons. The summed E-state index contributed by atoms with van der Waals surface area (Å²) in [6, 6.07) is 0.925. The van der Waals surface area contributed by atoms with Crippen molar-refractivity contribution in [3.63, 3.8) is 0 Å². The van der Waals surface area contributed by atoms with E-state index in [0.29, 0.717) is 29.7 Å². The molecular weight excluding hydrogens is 372 g/mol. The van der Waals surface area contributed by atoms with E-state index < -0.39 is 22.0 Å². The van der Waals surface area contributed by atoms with Gasteiger partial charge in [0.1, 0.15) is 11.8 Å². The highest BCUT2D eigenvalue weighted by Gasteiger charge is 2.23. The number of nitrogens with one attached hydrogen (secondary N) is 1. The highest BCUT2D eigenvalue weighted by molar-refractivity contribution is 7.90. The fraction of sp³-hybridized carbons (Fsp3) is 0.529. The number of methoxy groups -OCH3 is 2. The predicted octanol–water partition coefficient (Wildman–Crippen LogP) is 0.494. The van der Waals surface area contributed by atoms with Crippen LogP contribution in [-0.2, 0) is 19.6 Å². The van der Waals surface area contributed by atoms with Crippen LogP contribution < -0.4 is 20.9 Å². The summed E-state index contributed by atoms with van der Waals surface area (Å²) in [4.78, 5) is 15.3. The lowest BCUT2D eigenvalue weighted by atomic mass is 10.1. The van der Waals surface area contributed by atoms with Crippen LogP contribution in [0.3, 0.4) is 0 Å². The number of aryl methyl sites for hydroxylation is 1. The molecule has 0 fully saturated rings. The van der Waals surface area contributed by atoms with Crippen LogP contribution in [0.1, 0.15) is 29.5 Å². The van der Waals surface area contributed by atoms with E-state index in [9.17, 15) is 13.2 Å². The molecular formula is C17H28N4O5S. The summed E-state index contributed by atoms with van der Waals surface area (Å²) in [5.41, 5.74) is 13.2. The maximum atomic E-state index is 12.7. The standard InChI is InChI=1S/C17H28N4O5S/c1-10-9-14(25-4)11(2)12(3)15(10)27(23,24)21-17(19)20-8-6-7-13(18)16(22)26-5/h9,13H,6-8,18H2,1-5H3,(H3,19,20,21). The highest BCUT2D eigenvalue weighted by atomic mass is 32.2. The first-order valence-electron chi connectivity index (χ1n) is 8.36. The van der Waals surface area contributed by atoms with Crippen molar-refractivity contribution in [3.8, 4) is 5.75 Å². The third kappa shape index (κ3) is 5.83. The third-order valence-corrected chi connectivity index (χ3v) is 5.81. The molecule has 0 amide bonds. The lowest BCUT2D eigenvalue weighted by Gasteiger charge is -2.16. The van der Waals surface area contributed by atoms with E-state index in [0.717, 1.165) is 5.56 Å². The van der Waals surface area contributed by atoms with Gasteiger partial charge < -0.3 is 20.9 Å². The molecule has 0 spiro atoms. The van der Waals surface area contributed by atoms with Gasteiger partial charge in [-0.25, -0.2) is 13.1 Å². The van der Waals surface area contributed by atoms with E-state index >= 15 is 0 Å². The number of carbonyl (C=O) groups excluding carboxylic acids is 1. The lowest BCUT2D eigenvalue weighted by molar-refractivity contribution is -0.142. The number of hydrogen-bond acceptors (Lipinski definition) is 7. The normalized spacial score (nSPS) is 13.2. The molecule has 0 bridgehead atoms. The quantitative estimate of drug-likeness (QED) is 0.249. The van der Waals surface area contributed by atoms with E-state index in [1.165, 1.54) is 14.2 Å². The summed E-state index contributed by atoms with van der Waals surface area (Å²) in [5.74, 6) is -0.116. The van der Waals surface area contributed by atoms with Crippen molar-refractivity contribution >= 4 is 22.0 Å².